The van der Waals surface area contributed by atoms with Gasteiger partial charge in [0.15, 0.2) is 0 Å². The number of ether oxygens (including phenoxy) is 2. The number of fused-ring (bicyclic) bond motifs is 1. The smallest absolute Gasteiger partial charge is 0.410 e. The molecule has 2 atom stereocenters. The van der Waals surface area contributed by atoms with Crippen molar-refractivity contribution in [1.29, 1.82) is 0 Å². The predicted octanol–water partition coefficient (Wildman–Crippen LogP) is 3.40. The third kappa shape index (κ3) is 3.20. The van der Waals surface area contributed by atoms with Crippen molar-refractivity contribution in [2.75, 3.05) is 6.54 Å². The van der Waals surface area contributed by atoms with Crippen LogP contribution in [-0.4, -0.2) is 29.6 Å². The molecule has 2 heterocycles. The molecule has 0 bridgehead atoms. The molecule has 5 nitrogen and oxygen atoms in total. The van der Waals surface area contributed by atoms with E-state index in [1.54, 1.807) is 11.0 Å². The molecule has 2 aliphatic heterocycles. The van der Waals surface area contributed by atoms with Gasteiger partial charge in [-0.2, -0.15) is 0 Å². The van der Waals surface area contributed by atoms with Crippen molar-refractivity contribution in [3.63, 3.8) is 0 Å². The van der Waals surface area contributed by atoms with Crippen molar-refractivity contribution in [3.8, 4) is 0 Å². The van der Waals surface area contributed by atoms with Crippen LogP contribution in [-0.2, 0) is 27.3 Å². The standard InChI is InChI=1S/C21H19NO4/c23-19-11-10-18(26-19)20-17-9-5-4-8-16(17)12-13-22(20)21(24)25-14-15-6-2-1-3-7-15/h1-11,18,20H,12-14H2/t18-,20-/m0/s1. The quantitative estimate of drug-likeness (QED) is 0.797. The highest BCUT2D eigenvalue weighted by Crippen LogP contribution is 2.36. The SMILES string of the molecule is O=C1C=C[C@@H]([C@@H]2c3ccccc3CCN2C(=O)OCc2ccccc2)O1. The molecule has 2 aromatic rings. The van der Waals surface area contributed by atoms with Gasteiger partial charge in [0, 0.05) is 12.6 Å². The molecule has 0 radical (unpaired) electrons. The van der Waals surface area contributed by atoms with Crippen LogP contribution in [0.1, 0.15) is 22.7 Å². The summed E-state index contributed by atoms with van der Waals surface area (Å²) in [6.07, 6.45) is 2.98. The van der Waals surface area contributed by atoms with Gasteiger partial charge in [-0.05, 0) is 29.2 Å². The summed E-state index contributed by atoms with van der Waals surface area (Å²) in [5.74, 6) is -0.379. The summed E-state index contributed by atoms with van der Waals surface area (Å²) in [6.45, 7) is 0.738. The molecule has 0 N–H and O–H groups in total. The average molecular weight is 349 g/mol. The molecule has 0 aromatic heterocycles. The molecule has 1 amide bonds. The summed E-state index contributed by atoms with van der Waals surface area (Å²) >= 11 is 0. The van der Waals surface area contributed by atoms with Gasteiger partial charge in [-0.1, -0.05) is 54.6 Å². The Hall–Kier alpha value is -3.08. The molecule has 5 heteroatoms. The minimum Gasteiger partial charge on any atom is -0.452 e. The van der Waals surface area contributed by atoms with Gasteiger partial charge in [0.1, 0.15) is 18.8 Å². The summed E-state index contributed by atoms with van der Waals surface area (Å²) < 4.78 is 10.9. The Morgan fingerprint density at radius 3 is 2.65 bits per heavy atom. The number of amides is 1. The Labute approximate surface area is 151 Å². The molecule has 0 saturated heterocycles. The Balaban J connectivity index is 1.56. The van der Waals surface area contributed by atoms with Crippen LogP contribution in [0.15, 0.2) is 66.7 Å². The van der Waals surface area contributed by atoms with Crippen LogP contribution < -0.4 is 0 Å². The van der Waals surface area contributed by atoms with Crippen LogP contribution in [0.4, 0.5) is 4.79 Å². The zero-order chi connectivity index (χ0) is 17.9. The van der Waals surface area contributed by atoms with Crippen LogP contribution in [0.3, 0.4) is 0 Å². The predicted molar refractivity (Wildman–Crippen MR) is 95.2 cm³/mol. The lowest BCUT2D eigenvalue weighted by Crippen LogP contribution is -2.45. The summed E-state index contributed by atoms with van der Waals surface area (Å²) in [5.41, 5.74) is 3.10. The highest BCUT2D eigenvalue weighted by Gasteiger charge is 2.39. The van der Waals surface area contributed by atoms with Crippen molar-refractivity contribution in [2.24, 2.45) is 0 Å². The molecule has 0 spiro atoms. The molecular formula is C21H19NO4. The van der Waals surface area contributed by atoms with Crippen molar-refractivity contribution < 1.29 is 19.1 Å². The Bertz CT molecular complexity index is 846. The third-order valence-corrected chi connectivity index (χ3v) is 4.76. The van der Waals surface area contributed by atoms with Gasteiger partial charge in [-0.25, -0.2) is 9.59 Å². The van der Waals surface area contributed by atoms with E-state index in [2.05, 4.69) is 6.07 Å². The molecule has 0 saturated carbocycles. The second-order valence-electron chi connectivity index (χ2n) is 6.39. The molecule has 132 valence electrons. The summed E-state index contributed by atoms with van der Waals surface area (Å²) in [6, 6.07) is 17.1. The number of esters is 1. The average Bonchev–Trinajstić information content (AvgIpc) is 3.12. The topological polar surface area (TPSA) is 55.8 Å². The zero-order valence-electron chi connectivity index (χ0n) is 14.2. The van der Waals surface area contributed by atoms with Gasteiger partial charge < -0.3 is 9.47 Å². The van der Waals surface area contributed by atoms with Crippen LogP contribution >= 0.6 is 0 Å². The van der Waals surface area contributed by atoms with E-state index in [9.17, 15) is 9.59 Å². The number of cyclic esters (lactones) is 1. The summed E-state index contributed by atoms with van der Waals surface area (Å²) in [7, 11) is 0. The third-order valence-electron chi connectivity index (χ3n) is 4.76. The van der Waals surface area contributed by atoms with E-state index in [1.807, 2.05) is 48.5 Å². The molecule has 4 rings (SSSR count). The van der Waals surface area contributed by atoms with E-state index >= 15 is 0 Å². The first-order chi connectivity index (χ1) is 12.7. The fraction of sp³-hybridized carbons (Fsp3) is 0.238. The van der Waals surface area contributed by atoms with Gasteiger partial charge in [0.25, 0.3) is 0 Å². The Morgan fingerprint density at radius 2 is 1.88 bits per heavy atom. The Kier molecular flexibility index (Phi) is 4.44. The van der Waals surface area contributed by atoms with Gasteiger partial charge in [0.2, 0.25) is 0 Å². The first-order valence-corrected chi connectivity index (χ1v) is 8.66. The lowest BCUT2D eigenvalue weighted by molar-refractivity contribution is -0.141. The van der Waals surface area contributed by atoms with Crippen LogP contribution in [0.5, 0.6) is 0 Å². The highest BCUT2D eigenvalue weighted by molar-refractivity contribution is 5.84. The van der Waals surface area contributed by atoms with Crippen LogP contribution in [0.2, 0.25) is 0 Å². The van der Waals surface area contributed by atoms with Crippen LogP contribution in [0, 0.1) is 0 Å². The monoisotopic (exact) mass is 349 g/mol. The van der Waals surface area contributed by atoms with Crippen molar-refractivity contribution in [2.45, 2.75) is 25.2 Å². The number of benzene rings is 2. The summed E-state index contributed by atoms with van der Waals surface area (Å²) in [5, 5.41) is 0. The van der Waals surface area contributed by atoms with Gasteiger partial charge in [0.05, 0.1) is 0 Å². The van der Waals surface area contributed by atoms with E-state index in [1.165, 1.54) is 11.6 Å². The minimum atomic E-state index is -0.492. The number of carbonyl (C=O) groups is 2. The Morgan fingerprint density at radius 1 is 1.12 bits per heavy atom. The molecule has 2 aliphatic rings. The molecule has 0 unspecified atom stereocenters. The second-order valence-corrected chi connectivity index (χ2v) is 6.39. The van der Waals surface area contributed by atoms with Gasteiger partial charge >= 0.3 is 12.1 Å². The largest absolute Gasteiger partial charge is 0.452 e. The van der Waals surface area contributed by atoms with E-state index in [4.69, 9.17) is 9.47 Å². The second kappa shape index (κ2) is 7.04. The van der Waals surface area contributed by atoms with Crippen molar-refractivity contribution in [3.05, 3.63) is 83.4 Å². The first kappa shape index (κ1) is 16.4. The number of carbonyl (C=O) groups excluding carboxylic acids is 2. The maximum Gasteiger partial charge on any atom is 0.410 e. The van der Waals surface area contributed by atoms with Gasteiger partial charge in [-0.15, -0.1) is 0 Å². The highest BCUT2D eigenvalue weighted by atomic mass is 16.6. The maximum atomic E-state index is 12.8. The molecule has 2 aromatic carbocycles. The number of hydrogen-bond donors (Lipinski definition) is 0. The van der Waals surface area contributed by atoms with E-state index in [0.29, 0.717) is 6.54 Å². The lowest BCUT2D eigenvalue weighted by Gasteiger charge is -2.38. The first-order valence-electron chi connectivity index (χ1n) is 8.66. The zero-order valence-corrected chi connectivity index (χ0v) is 14.2. The lowest BCUT2D eigenvalue weighted by atomic mass is 9.89. The molecule has 0 fully saturated rings. The summed E-state index contributed by atoms with van der Waals surface area (Å²) in [4.78, 5) is 26.0. The van der Waals surface area contributed by atoms with E-state index < -0.39 is 12.2 Å². The molecule has 0 aliphatic carbocycles. The van der Waals surface area contributed by atoms with E-state index in [0.717, 1.165) is 17.5 Å². The maximum absolute atomic E-state index is 12.8. The fourth-order valence-corrected chi connectivity index (χ4v) is 3.52. The molecular weight excluding hydrogens is 330 g/mol. The fourth-order valence-electron chi connectivity index (χ4n) is 3.52. The van der Waals surface area contributed by atoms with Crippen molar-refractivity contribution in [1.82, 2.24) is 4.90 Å². The normalized spacial score (nSPS) is 21.2. The van der Waals surface area contributed by atoms with Crippen molar-refractivity contribution >= 4 is 12.1 Å². The number of nitrogens with zero attached hydrogens (tertiary/aromatic N) is 1. The number of rotatable bonds is 3. The number of hydrogen-bond acceptors (Lipinski definition) is 4. The van der Waals surface area contributed by atoms with E-state index in [-0.39, 0.29) is 18.6 Å². The van der Waals surface area contributed by atoms with Crippen LogP contribution in [0.25, 0.3) is 0 Å². The minimum absolute atomic E-state index is 0.213. The molecule has 26 heavy (non-hydrogen) atoms. The van der Waals surface area contributed by atoms with Gasteiger partial charge in [-0.3, -0.25) is 4.90 Å².